The van der Waals surface area contributed by atoms with E-state index in [1.54, 1.807) is 0 Å². The van der Waals surface area contributed by atoms with Crippen molar-refractivity contribution in [3.8, 4) is 11.1 Å². The molecule has 8 heteroatoms. The van der Waals surface area contributed by atoms with Crippen molar-refractivity contribution in [2.24, 2.45) is 0 Å². The Bertz CT molecular complexity index is 770. The molecule has 0 amide bonds. The third-order valence-electron chi connectivity index (χ3n) is 2.85. The van der Waals surface area contributed by atoms with Gasteiger partial charge in [-0.2, -0.15) is 0 Å². The summed E-state index contributed by atoms with van der Waals surface area (Å²) >= 11 is 0. The van der Waals surface area contributed by atoms with Gasteiger partial charge in [-0.15, -0.1) is 0 Å². The molecule has 0 aliphatic heterocycles. The van der Waals surface area contributed by atoms with E-state index in [4.69, 9.17) is 10.2 Å². The van der Waals surface area contributed by atoms with Crippen molar-refractivity contribution < 1.29 is 29.1 Å². The summed E-state index contributed by atoms with van der Waals surface area (Å²) in [5, 5.41) is 28.7. The molecule has 0 atom stereocenters. The first kappa shape index (κ1) is 15.1. The molecule has 0 fully saturated rings. The van der Waals surface area contributed by atoms with Crippen molar-refractivity contribution in [3.05, 3.63) is 63.5 Å². The maximum atomic E-state index is 13.5. The summed E-state index contributed by atoms with van der Waals surface area (Å²) in [6.07, 6.45) is 0. The van der Waals surface area contributed by atoms with Crippen LogP contribution >= 0.6 is 0 Å². The minimum Gasteiger partial charge on any atom is -0.478 e. The van der Waals surface area contributed by atoms with Crippen molar-refractivity contribution in [2.45, 2.75) is 0 Å². The molecule has 0 heterocycles. The normalized spacial score (nSPS) is 10.2. The fourth-order valence-corrected chi connectivity index (χ4v) is 1.89. The van der Waals surface area contributed by atoms with Crippen LogP contribution in [0.5, 0.6) is 0 Å². The quantitative estimate of drug-likeness (QED) is 0.662. The number of carboxylic acids is 2. The van der Waals surface area contributed by atoms with Crippen LogP contribution in [0.15, 0.2) is 36.4 Å². The lowest BCUT2D eigenvalue weighted by Gasteiger charge is -2.06. The van der Waals surface area contributed by atoms with E-state index in [9.17, 15) is 24.1 Å². The van der Waals surface area contributed by atoms with Gasteiger partial charge in [-0.25, -0.2) is 14.0 Å². The molecule has 2 aromatic rings. The number of nitro groups is 1. The molecule has 0 bridgehead atoms. The zero-order valence-corrected chi connectivity index (χ0v) is 10.8. The molecule has 0 aromatic heterocycles. The van der Waals surface area contributed by atoms with Gasteiger partial charge in [0.25, 0.3) is 5.69 Å². The molecule has 0 aliphatic rings. The summed E-state index contributed by atoms with van der Waals surface area (Å²) < 4.78 is 13.5. The van der Waals surface area contributed by atoms with E-state index >= 15 is 0 Å². The van der Waals surface area contributed by atoms with Crippen molar-refractivity contribution in [1.82, 2.24) is 0 Å². The summed E-state index contributed by atoms with van der Waals surface area (Å²) in [6.45, 7) is 0. The summed E-state index contributed by atoms with van der Waals surface area (Å²) in [5.41, 5.74) is -1.13. The SMILES string of the molecule is O=C(O)c1cc(F)cc(-c2cc(C(=O)O)cc([N+](=O)[O-])c2)c1. The smallest absolute Gasteiger partial charge is 0.335 e. The van der Waals surface area contributed by atoms with E-state index in [-0.39, 0.29) is 22.3 Å². The molecule has 0 saturated carbocycles. The van der Waals surface area contributed by atoms with Crippen molar-refractivity contribution in [2.75, 3.05) is 0 Å². The molecule has 7 nitrogen and oxygen atoms in total. The lowest BCUT2D eigenvalue weighted by molar-refractivity contribution is -0.384. The Hall–Kier alpha value is -3.29. The number of carbonyl (C=O) groups is 2. The Kier molecular flexibility index (Phi) is 3.85. The van der Waals surface area contributed by atoms with Gasteiger partial charge in [0, 0.05) is 12.1 Å². The van der Waals surface area contributed by atoms with Gasteiger partial charge in [0.1, 0.15) is 5.82 Å². The molecule has 2 rings (SSSR count). The van der Waals surface area contributed by atoms with Crippen LogP contribution in [-0.2, 0) is 0 Å². The second-order valence-electron chi connectivity index (χ2n) is 4.36. The van der Waals surface area contributed by atoms with Crippen LogP contribution in [0.1, 0.15) is 20.7 Å². The molecule has 22 heavy (non-hydrogen) atoms. The van der Waals surface area contributed by atoms with Crippen molar-refractivity contribution in [1.29, 1.82) is 0 Å². The number of hydrogen-bond donors (Lipinski definition) is 2. The maximum Gasteiger partial charge on any atom is 0.335 e. The van der Waals surface area contributed by atoms with Gasteiger partial charge in [0.05, 0.1) is 16.1 Å². The number of non-ortho nitro benzene ring substituents is 1. The van der Waals surface area contributed by atoms with Gasteiger partial charge in [-0.3, -0.25) is 10.1 Å². The molecule has 0 saturated heterocycles. The molecule has 0 spiro atoms. The molecule has 0 aliphatic carbocycles. The number of carboxylic acid groups (broad SMARTS) is 2. The second-order valence-corrected chi connectivity index (χ2v) is 4.36. The predicted molar refractivity (Wildman–Crippen MR) is 72.4 cm³/mol. The largest absolute Gasteiger partial charge is 0.478 e. The highest BCUT2D eigenvalue weighted by atomic mass is 19.1. The number of nitro benzene ring substituents is 1. The van der Waals surface area contributed by atoms with E-state index in [1.807, 2.05) is 0 Å². The van der Waals surface area contributed by atoms with Crippen LogP contribution in [0.4, 0.5) is 10.1 Å². The Morgan fingerprint density at radius 2 is 1.41 bits per heavy atom. The van der Waals surface area contributed by atoms with E-state index in [0.717, 1.165) is 36.4 Å². The number of nitrogens with zero attached hydrogens (tertiary/aromatic N) is 1. The molecule has 0 unspecified atom stereocenters. The molecule has 112 valence electrons. The third kappa shape index (κ3) is 3.06. The van der Waals surface area contributed by atoms with Crippen LogP contribution in [0.3, 0.4) is 0 Å². The number of benzene rings is 2. The van der Waals surface area contributed by atoms with E-state index < -0.39 is 28.4 Å². The average Bonchev–Trinajstić information content (AvgIpc) is 2.45. The van der Waals surface area contributed by atoms with Gasteiger partial charge in [0.2, 0.25) is 0 Å². The Balaban J connectivity index is 2.68. The monoisotopic (exact) mass is 305 g/mol. The summed E-state index contributed by atoms with van der Waals surface area (Å²) in [5.74, 6) is -3.61. The predicted octanol–water partition coefficient (Wildman–Crippen LogP) is 2.80. The first-order valence-corrected chi connectivity index (χ1v) is 5.85. The highest BCUT2D eigenvalue weighted by molar-refractivity contribution is 5.92. The van der Waals surface area contributed by atoms with Crippen LogP contribution in [0.2, 0.25) is 0 Å². The lowest BCUT2D eigenvalue weighted by Crippen LogP contribution is -2.01. The number of hydrogen-bond acceptors (Lipinski definition) is 4. The van der Waals surface area contributed by atoms with E-state index in [2.05, 4.69) is 0 Å². The molecule has 2 N–H and O–H groups in total. The Morgan fingerprint density at radius 3 is 1.91 bits per heavy atom. The lowest BCUT2D eigenvalue weighted by atomic mass is 10.00. The van der Waals surface area contributed by atoms with Crippen molar-refractivity contribution >= 4 is 17.6 Å². The summed E-state index contributed by atoms with van der Waals surface area (Å²) in [4.78, 5) is 32.0. The van der Waals surface area contributed by atoms with Gasteiger partial charge in [-0.1, -0.05) is 0 Å². The van der Waals surface area contributed by atoms with Crippen molar-refractivity contribution in [3.63, 3.8) is 0 Å². The topological polar surface area (TPSA) is 118 Å². The third-order valence-corrected chi connectivity index (χ3v) is 2.85. The minimum atomic E-state index is -1.39. The van der Waals surface area contributed by atoms with E-state index in [0.29, 0.717) is 0 Å². The molecular formula is C14H8FNO6. The Morgan fingerprint density at radius 1 is 0.909 bits per heavy atom. The highest BCUT2D eigenvalue weighted by Gasteiger charge is 2.16. The first-order chi connectivity index (χ1) is 10.3. The first-order valence-electron chi connectivity index (χ1n) is 5.85. The van der Waals surface area contributed by atoms with Gasteiger partial charge >= 0.3 is 11.9 Å². The second kappa shape index (κ2) is 5.60. The maximum absolute atomic E-state index is 13.5. The fraction of sp³-hybridized carbons (Fsp3) is 0. The highest BCUT2D eigenvalue weighted by Crippen LogP contribution is 2.27. The average molecular weight is 305 g/mol. The number of aromatic carboxylic acids is 2. The minimum absolute atomic E-state index is 0.0311. The van der Waals surface area contributed by atoms with Gasteiger partial charge in [-0.05, 0) is 35.4 Å². The Labute approximate surface area is 122 Å². The van der Waals surface area contributed by atoms with Gasteiger partial charge in [0.15, 0.2) is 0 Å². The van der Waals surface area contributed by atoms with Gasteiger partial charge < -0.3 is 10.2 Å². The van der Waals surface area contributed by atoms with Crippen LogP contribution in [0, 0.1) is 15.9 Å². The van der Waals surface area contributed by atoms with Crippen LogP contribution in [-0.4, -0.2) is 27.1 Å². The van der Waals surface area contributed by atoms with Crippen LogP contribution in [0.25, 0.3) is 11.1 Å². The number of rotatable bonds is 4. The van der Waals surface area contributed by atoms with Crippen LogP contribution < -0.4 is 0 Å². The summed E-state index contributed by atoms with van der Waals surface area (Å²) in [7, 11) is 0. The zero-order chi connectivity index (χ0) is 16.4. The molecule has 2 aromatic carbocycles. The number of halogens is 1. The molecular weight excluding hydrogens is 297 g/mol. The zero-order valence-electron chi connectivity index (χ0n) is 10.8. The summed E-state index contributed by atoms with van der Waals surface area (Å²) in [6, 6.07) is 5.89. The van der Waals surface area contributed by atoms with E-state index in [1.165, 1.54) is 0 Å². The fourth-order valence-electron chi connectivity index (χ4n) is 1.89. The molecule has 0 radical (unpaired) electrons. The standard InChI is InChI=1S/C14H8FNO6/c15-11-3-7(1-9(4-11)13(17)18)8-2-10(14(19)20)6-12(5-8)16(21)22/h1-6H,(H,17,18)(H,19,20).